The number of nitrogens with zero attached hydrogens (tertiary/aromatic N) is 5. The van der Waals surface area contributed by atoms with Crippen LogP contribution in [0.15, 0.2) is 79.4 Å². The van der Waals surface area contributed by atoms with Crippen LogP contribution in [0.5, 0.6) is 0 Å². The number of piperidine rings is 1. The Hall–Kier alpha value is -4.85. The average molecular weight is 631 g/mol. The minimum absolute atomic E-state index is 0.0511. The SMILES string of the molecule is N#Cc1cnc2c(Cl)cc(NC(c3ccccc3)c3cn(C4CCN(C(=O)O)CC4)cn3)cc2c1Nc1ccc(F)c(Cl)c1. The summed E-state index contributed by atoms with van der Waals surface area (Å²) in [7, 11) is 0. The average Bonchev–Trinajstić information content (AvgIpc) is 3.52. The van der Waals surface area contributed by atoms with Gasteiger partial charge in [0.25, 0.3) is 0 Å². The van der Waals surface area contributed by atoms with Crippen LogP contribution in [0.3, 0.4) is 0 Å². The fourth-order valence-corrected chi connectivity index (χ4v) is 5.93. The summed E-state index contributed by atoms with van der Waals surface area (Å²) in [5.41, 5.74) is 4.13. The van der Waals surface area contributed by atoms with Gasteiger partial charge in [0.1, 0.15) is 11.9 Å². The number of nitrogens with one attached hydrogen (secondary N) is 2. The van der Waals surface area contributed by atoms with Gasteiger partial charge in [0, 0.05) is 48.3 Å². The van der Waals surface area contributed by atoms with Crippen molar-refractivity contribution in [3.63, 3.8) is 0 Å². The lowest BCUT2D eigenvalue weighted by Crippen LogP contribution is -2.37. The number of anilines is 3. The number of fused-ring (bicyclic) bond motifs is 1. The number of imidazole rings is 1. The van der Waals surface area contributed by atoms with Gasteiger partial charge in [-0.1, -0.05) is 53.5 Å². The Morgan fingerprint density at radius 3 is 2.50 bits per heavy atom. The maximum absolute atomic E-state index is 13.8. The van der Waals surface area contributed by atoms with Crippen molar-refractivity contribution in [1.29, 1.82) is 5.26 Å². The molecular formula is C32H26Cl2FN7O2. The number of likely N-dealkylation sites (tertiary alicyclic amines) is 1. The number of benzene rings is 3. The van der Waals surface area contributed by atoms with E-state index in [9.17, 15) is 19.6 Å². The Kier molecular flexibility index (Phi) is 8.24. The van der Waals surface area contributed by atoms with Gasteiger partial charge in [-0.15, -0.1) is 0 Å². The lowest BCUT2D eigenvalue weighted by molar-refractivity contribution is 0.125. The van der Waals surface area contributed by atoms with Gasteiger partial charge in [-0.25, -0.2) is 14.2 Å². The molecule has 0 saturated carbocycles. The number of halogens is 3. The molecular weight excluding hydrogens is 604 g/mol. The molecule has 222 valence electrons. The molecule has 1 aliphatic rings. The number of hydrogen-bond acceptors (Lipinski definition) is 6. The van der Waals surface area contributed by atoms with Gasteiger partial charge in [-0.05, 0) is 48.7 Å². The van der Waals surface area contributed by atoms with Crippen LogP contribution in [0.4, 0.5) is 26.2 Å². The van der Waals surface area contributed by atoms with Crippen molar-refractivity contribution in [3.8, 4) is 6.07 Å². The monoisotopic (exact) mass is 629 g/mol. The number of nitriles is 1. The highest BCUT2D eigenvalue weighted by atomic mass is 35.5. The van der Waals surface area contributed by atoms with E-state index < -0.39 is 11.9 Å². The molecule has 1 saturated heterocycles. The summed E-state index contributed by atoms with van der Waals surface area (Å²) >= 11 is 12.8. The Labute approximate surface area is 262 Å². The van der Waals surface area contributed by atoms with Gasteiger partial charge >= 0.3 is 6.09 Å². The standard InChI is InChI=1S/C32H26Cl2FN7O2/c33-25-13-21(6-7-27(25)35)39-29-20(15-36)16-37-31-24(29)12-22(14-26(31)34)40-30(19-4-2-1-3-5-19)28-17-42(18-38-28)23-8-10-41(11-9-23)32(43)44/h1-7,12-14,16-18,23,30,40H,8-11H2,(H,37,39)(H,43,44). The van der Waals surface area contributed by atoms with E-state index in [-0.39, 0.29) is 22.7 Å². The van der Waals surface area contributed by atoms with Crippen molar-refractivity contribution in [1.82, 2.24) is 19.4 Å². The third-order valence-electron chi connectivity index (χ3n) is 7.75. The Balaban J connectivity index is 1.36. The maximum atomic E-state index is 13.8. The Morgan fingerprint density at radius 2 is 1.80 bits per heavy atom. The van der Waals surface area contributed by atoms with Crippen molar-refractivity contribution in [2.45, 2.75) is 24.9 Å². The highest BCUT2D eigenvalue weighted by molar-refractivity contribution is 6.36. The molecule has 5 aromatic rings. The molecule has 44 heavy (non-hydrogen) atoms. The molecule has 1 fully saturated rings. The quantitative estimate of drug-likeness (QED) is 0.167. The van der Waals surface area contributed by atoms with Crippen LogP contribution in [-0.2, 0) is 0 Å². The first kappa shape index (κ1) is 29.2. The number of pyridine rings is 1. The minimum atomic E-state index is -0.894. The minimum Gasteiger partial charge on any atom is -0.465 e. The van der Waals surface area contributed by atoms with Crippen molar-refractivity contribution < 1.29 is 14.3 Å². The third kappa shape index (κ3) is 5.97. The van der Waals surface area contributed by atoms with E-state index in [1.54, 1.807) is 12.4 Å². The number of rotatable bonds is 7. The van der Waals surface area contributed by atoms with Gasteiger partial charge in [0.05, 0.1) is 44.9 Å². The van der Waals surface area contributed by atoms with E-state index in [1.165, 1.54) is 29.3 Å². The first-order valence-electron chi connectivity index (χ1n) is 13.9. The summed E-state index contributed by atoms with van der Waals surface area (Å²) in [6.45, 7) is 0.950. The molecule has 0 aliphatic carbocycles. The second-order valence-corrected chi connectivity index (χ2v) is 11.3. The summed E-state index contributed by atoms with van der Waals surface area (Å²) < 4.78 is 15.9. The van der Waals surface area contributed by atoms with Gasteiger partial charge in [0.15, 0.2) is 0 Å². The molecule has 0 radical (unpaired) electrons. The van der Waals surface area contributed by atoms with E-state index in [0.717, 1.165) is 11.3 Å². The molecule has 1 aliphatic heterocycles. The van der Waals surface area contributed by atoms with Crippen molar-refractivity contribution in [3.05, 3.63) is 112 Å². The fraction of sp³-hybridized carbons (Fsp3) is 0.188. The molecule has 1 unspecified atom stereocenters. The van der Waals surface area contributed by atoms with E-state index in [0.29, 0.717) is 58.9 Å². The summed E-state index contributed by atoms with van der Waals surface area (Å²) in [6.07, 6.45) is 5.74. The Morgan fingerprint density at radius 1 is 1.05 bits per heavy atom. The van der Waals surface area contributed by atoms with Crippen LogP contribution in [0.1, 0.15) is 41.7 Å². The van der Waals surface area contributed by atoms with E-state index in [4.69, 9.17) is 28.2 Å². The van der Waals surface area contributed by atoms with Crippen molar-refractivity contribution in [2.24, 2.45) is 0 Å². The van der Waals surface area contributed by atoms with Crippen LogP contribution in [-0.4, -0.2) is 43.7 Å². The van der Waals surface area contributed by atoms with Crippen LogP contribution in [0.25, 0.3) is 10.9 Å². The van der Waals surface area contributed by atoms with Crippen molar-refractivity contribution in [2.75, 3.05) is 23.7 Å². The molecule has 0 bridgehead atoms. The molecule has 1 atom stereocenters. The second kappa shape index (κ2) is 12.4. The number of amides is 1. The lowest BCUT2D eigenvalue weighted by atomic mass is 10.0. The smallest absolute Gasteiger partial charge is 0.407 e. The van der Waals surface area contributed by atoms with Crippen molar-refractivity contribution >= 4 is 57.3 Å². The third-order valence-corrected chi connectivity index (χ3v) is 8.33. The predicted molar refractivity (Wildman–Crippen MR) is 168 cm³/mol. The highest BCUT2D eigenvalue weighted by Crippen LogP contribution is 2.37. The number of aromatic nitrogens is 3. The van der Waals surface area contributed by atoms with Gasteiger partial charge in [-0.2, -0.15) is 5.26 Å². The lowest BCUT2D eigenvalue weighted by Gasteiger charge is -2.30. The summed E-state index contributed by atoms with van der Waals surface area (Å²) in [5, 5.41) is 26.9. The summed E-state index contributed by atoms with van der Waals surface area (Å²) in [4.78, 5) is 22.0. The number of carboxylic acid groups (broad SMARTS) is 1. The zero-order valence-corrected chi connectivity index (χ0v) is 24.7. The first-order valence-corrected chi connectivity index (χ1v) is 14.6. The Bertz CT molecular complexity index is 1890. The van der Waals surface area contributed by atoms with Crippen LogP contribution >= 0.6 is 23.2 Å². The zero-order valence-electron chi connectivity index (χ0n) is 23.2. The molecule has 0 spiro atoms. The molecule has 6 rings (SSSR count). The molecule has 3 N–H and O–H groups in total. The van der Waals surface area contributed by atoms with Gasteiger partial charge in [0.2, 0.25) is 0 Å². The largest absolute Gasteiger partial charge is 0.465 e. The molecule has 2 aromatic heterocycles. The number of carbonyl (C=O) groups is 1. The molecule has 9 nitrogen and oxygen atoms in total. The first-order chi connectivity index (χ1) is 21.3. The van der Waals surface area contributed by atoms with Gasteiger partial charge < -0.3 is 25.2 Å². The normalized spacial score (nSPS) is 14.3. The highest BCUT2D eigenvalue weighted by Gasteiger charge is 2.25. The van der Waals surface area contributed by atoms with Crippen LogP contribution in [0, 0.1) is 17.1 Å². The maximum Gasteiger partial charge on any atom is 0.407 e. The fourth-order valence-electron chi connectivity index (χ4n) is 5.48. The topological polar surface area (TPSA) is 119 Å². The predicted octanol–water partition coefficient (Wildman–Crippen LogP) is 8.01. The number of hydrogen-bond donors (Lipinski definition) is 3. The van der Waals surface area contributed by atoms with Gasteiger partial charge in [-0.3, -0.25) is 4.98 Å². The molecule has 3 aromatic carbocycles. The molecule has 12 heteroatoms. The summed E-state index contributed by atoms with van der Waals surface area (Å²) in [6, 6.07) is 19.7. The molecule has 1 amide bonds. The summed E-state index contributed by atoms with van der Waals surface area (Å²) in [5.74, 6) is -0.549. The van der Waals surface area contributed by atoms with Crippen LogP contribution in [0.2, 0.25) is 10.0 Å². The van der Waals surface area contributed by atoms with E-state index >= 15 is 0 Å². The van der Waals surface area contributed by atoms with Crippen LogP contribution < -0.4 is 10.6 Å². The second-order valence-electron chi connectivity index (χ2n) is 10.5. The van der Waals surface area contributed by atoms with E-state index in [1.807, 2.05) is 42.6 Å². The zero-order chi connectivity index (χ0) is 30.8. The molecule has 3 heterocycles. The van der Waals surface area contributed by atoms with E-state index in [2.05, 4.69) is 26.3 Å².